The van der Waals surface area contributed by atoms with Crippen molar-refractivity contribution in [3.05, 3.63) is 46.4 Å². The molecule has 0 unspecified atom stereocenters. The van der Waals surface area contributed by atoms with Gasteiger partial charge in [0.1, 0.15) is 12.2 Å². The lowest BCUT2D eigenvalue weighted by Gasteiger charge is -2.42. The largest absolute Gasteiger partial charge is 0.377 e. The molecule has 1 spiro atoms. The summed E-state index contributed by atoms with van der Waals surface area (Å²) in [5, 5.41) is 0. The summed E-state index contributed by atoms with van der Waals surface area (Å²) >= 11 is 1.82. The molecule has 0 saturated carbocycles. The van der Waals surface area contributed by atoms with Crippen molar-refractivity contribution in [3.8, 4) is 0 Å². The van der Waals surface area contributed by atoms with Gasteiger partial charge in [-0.1, -0.05) is 0 Å². The Balaban J connectivity index is 1.52. The Morgan fingerprint density at radius 3 is 3.00 bits per heavy atom. The number of morpholine rings is 1. The molecule has 2 aliphatic rings. The molecule has 4 rings (SSSR count). The third-order valence-corrected chi connectivity index (χ3v) is 5.80. The molecule has 2 saturated heterocycles. The number of nitrogens with zero attached hydrogens (tertiary/aromatic N) is 3. The van der Waals surface area contributed by atoms with Gasteiger partial charge in [-0.25, -0.2) is 0 Å². The standard InChI is InChI=1S/C19H23N3O3S/c1-15-4-5-17(26-15)10-21-7-8-24-14-19(12-21)13-22(18(23)11-25-19)16-3-2-6-20-9-16/h2-6,9H,7-8,10-14H2,1H3/t19-/m1/s1. The maximum Gasteiger partial charge on any atom is 0.253 e. The van der Waals surface area contributed by atoms with Crippen LogP contribution in [-0.4, -0.2) is 60.8 Å². The second-order valence-corrected chi connectivity index (χ2v) is 8.31. The van der Waals surface area contributed by atoms with Crippen molar-refractivity contribution >= 4 is 22.9 Å². The fraction of sp³-hybridized carbons (Fsp3) is 0.474. The molecule has 26 heavy (non-hydrogen) atoms. The van der Waals surface area contributed by atoms with Crippen molar-refractivity contribution in [3.63, 3.8) is 0 Å². The average Bonchev–Trinajstić information content (AvgIpc) is 2.95. The summed E-state index contributed by atoms with van der Waals surface area (Å²) in [5.74, 6) is -0.0340. The van der Waals surface area contributed by atoms with E-state index in [9.17, 15) is 4.79 Å². The van der Waals surface area contributed by atoms with Gasteiger partial charge >= 0.3 is 0 Å². The molecule has 0 bridgehead atoms. The molecule has 138 valence electrons. The lowest BCUT2D eigenvalue weighted by molar-refractivity contribution is -0.146. The average molecular weight is 373 g/mol. The zero-order valence-electron chi connectivity index (χ0n) is 14.9. The van der Waals surface area contributed by atoms with Crippen LogP contribution in [0.15, 0.2) is 36.7 Å². The Kier molecular flexibility index (Phi) is 5.04. The van der Waals surface area contributed by atoms with Crippen LogP contribution in [0.1, 0.15) is 9.75 Å². The van der Waals surface area contributed by atoms with Crippen LogP contribution in [0.25, 0.3) is 0 Å². The molecule has 2 aromatic rings. The summed E-state index contributed by atoms with van der Waals surface area (Å²) < 4.78 is 11.9. The van der Waals surface area contributed by atoms with Crippen molar-refractivity contribution in [2.24, 2.45) is 0 Å². The maximum atomic E-state index is 12.4. The molecule has 2 fully saturated rings. The first-order valence-electron chi connectivity index (χ1n) is 8.83. The molecule has 4 heterocycles. The minimum Gasteiger partial charge on any atom is -0.377 e. The normalized spacial score (nSPS) is 24.8. The maximum absolute atomic E-state index is 12.4. The van der Waals surface area contributed by atoms with Gasteiger partial charge in [0, 0.05) is 35.6 Å². The van der Waals surface area contributed by atoms with Gasteiger partial charge in [-0.2, -0.15) is 0 Å². The molecule has 1 atom stereocenters. The molecular formula is C19H23N3O3S. The number of rotatable bonds is 3. The number of ether oxygens (including phenoxy) is 2. The zero-order chi connectivity index (χ0) is 18.0. The Labute approximate surface area is 157 Å². The number of carbonyl (C=O) groups excluding carboxylic acids is 1. The van der Waals surface area contributed by atoms with E-state index in [0.717, 1.165) is 25.3 Å². The molecule has 0 aliphatic carbocycles. The van der Waals surface area contributed by atoms with E-state index in [1.165, 1.54) is 9.75 Å². The smallest absolute Gasteiger partial charge is 0.253 e. The molecule has 0 aromatic carbocycles. The van der Waals surface area contributed by atoms with Crippen molar-refractivity contribution < 1.29 is 14.3 Å². The monoisotopic (exact) mass is 373 g/mol. The third-order valence-electron chi connectivity index (χ3n) is 4.81. The number of hydrogen-bond donors (Lipinski definition) is 0. The van der Waals surface area contributed by atoms with Gasteiger partial charge in [-0.3, -0.25) is 14.7 Å². The number of aryl methyl sites for hydroxylation is 1. The topological polar surface area (TPSA) is 54.9 Å². The predicted octanol–water partition coefficient (Wildman–Crippen LogP) is 2.09. The highest BCUT2D eigenvalue weighted by Crippen LogP contribution is 2.28. The summed E-state index contributed by atoms with van der Waals surface area (Å²) in [6.07, 6.45) is 3.43. The van der Waals surface area contributed by atoms with Crippen LogP contribution < -0.4 is 4.90 Å². The zero-order valence-corrected chi connectivity index (χ0v) is 15.7. The number of thiophene rings is 1. The van der Waals surface area contributed by atoms with Crippen LogP contribution in [-0.2, 0) is 20.8 Å². The van der Waals surface area contributed by atoms with Gasteiger partial charge in [0.15, 0.2) is 0 Å². The van der Waals surface area contributed by atoms with E-state index >= 15 is 0 Å². The minimum absolute atomic E-state index is 0.0340. The first-order chi connectivity index (χ1) is 12.6. The van der Waals surface area contributed by atoms with Crippen molar-refractivity contribution in [2.75, 3.05) is 44.4 Å². The Morgan fingerprint density at radius 1 is 1.31 bits per heavy atom. The summed E-state index contributed by atoms with van der Waals surface area (Å²) in [5.41, 5.74) is 0.303. The lowest BCUT2D eigenvalue weighted by atomic mass is 10.0. The summed E-state index contributed by atoms with van der Waals surface area (Å²) in [4.78, 5) is 23.4. The van der Waals surface area contributed by atoms with E-state index in [1.807, 2.05) is 23.5 Å². The second kappa shape index (κ2) is 7.44. The second-order valence-electron chi connectivity index (χ2n) is 6.94. The number of aromatic nitrogens is 1. The predicted molar refractivity (Wildman–Crippen MR) is 100 cm³/mol. The first kappa shape index (κ1) is 17.6. The van der Waals surface area contributed by atoms with E-state index in [4.69, 9.17) is 9.47 Å². The number of anilines is 1. The summed E-state index contributed by atoms with van der Waals surface area (Å²) in [7, 11) is 0. The van der Waals surface area contributed by atoms with Crippen LogP contribution in [0, 0.1) is 6.92 Å². The van der Waals surface area contributed by atoms with Gasteiger partial charge in [-0.05, 0) is 31.2 Å². The number of amides is 1. The van der Waals surface area contributed by atoms with Crippen LogP contribution in [0.4, 0.5) is 5.69 Å². The fourth-order valence-corrected chi connectivity index (χ4v) is 4.49. The highest BCUT2D eigenvalue weighted by atomic mass is 32.1. The quantitative estimate of drug-likeness (QED) is 0.825. The van der Waals surface area contributed by atoms with Crippen LogP contribution in [0.5, 0.6) is 0 Å². The van der Waals surface area contributed by atoms with Crippen molar-refractivity contribution in [1.82, 2.24) is 9.88 Å². The Bertz CT molecular complexity index is 766. The minimum atomic E-state index is -0.507. The Morgan fingerprint density at radius 2 is 2.23 bits per heavy atom. The molecule has 7 heteroatoms. The van der Waals surface area contributed by atoms with Crippen molar-refractivity contribution in [1.29, 1.82) is 0 Å². The highest BCUT2D eigenvalue weighted by Gasteiger charge is 2.43. The van der Waals surface area contributed by atoms with Crippen LogP contribution in [0.3, 0.4) is 0 Å². The van der Waals surface area contributed by atoms with Crippen LogP contribution in [0.2, 0.25) is 0 Å². The van der Waals surface area contributed by atoms with E-state index < -0.39 is 5.60 Å². The van der Waals surface area contributed by atoms with Gasteiger partial charge in [0.05, 0.1) is 31.6 Å². The van der Waals surface area contributed by atoms with E-state index in [1.54, 1.807) is 17.3 Å². The number of carbonyl (C=O) groups is 1. The van der Waals surface area contributed by atoms with E-state index in [-0.39, 0.29) is 12.5 Å². The fourth-order valence-electron chi connectivity index (χ4n) is 3.56. The lowest BCUT2D eigenvalue weighted by Crippen LogP contribution is -2.60. The molecule has 1 amide bonds. The molecule has 2 aromatic heterocycles. The summed E-state index contributed by atoms with van der Waals surface area (Å²) in [6.45, 7) is 6.35. The number of hydrogen-bond acceptors (Lipinski definition) is 6. The van der Waals surface area contributed by atoms with Gasteiger partial charge in [0.2, 0.25) is 0 Å². The summed E-state index contributed by atoms with van der Waals surface area (Å²) in [6, 6.07) is 8.10. The first-order valence-corrected chi connectivity index (χ1v) is 9.65. The highest BCUT2D eigenvalue weighted by molar-refractivity contribution is 7.11. The molecule has 0 radical (unpaired) electrons. The van der Waals surface area contributed by atoms with Gasteiger partial charge in [-0.15, -0.1) is 11.3 Å². The number of pyridine rings is 1. The third kappa shape index (κ3) is 3.81. The SMILES string of the molecule is Cc1ccc(CN2CCOC[C@@]3(C2)CN(c2cccnc2)C(=O)CO3)s1. The molecule has 6 nitrogen and oxygen atoms in total. The van der Waals surface area contributed by atoms with Gasteiger partial charge in [0.25, 0.3) is 5.91 Å². The van der Waals surface area contributed by atoms with E-state index in [2.05, 4.69) is 28.9 Å². The molecule has 0 N–H and O–H groups in total. The molecule has 2 aliphatic heterocycles. The van der Waals surface area contributed by atoms with Gasteiger partial charge < -0.3 is 14.4 Å². The van der Waals surface area contributed by atoms with Crippen LogP contribution >= 0.6 is 11.3 Å². The Hall–Kier alpha value is -1.80. The van der Waals surface area contributed by atoms with Crippen molar-refractivity contribution in [2.45, 2.75) is 19.1 Å². The van der Waals surface area contributed by atoms with E-state index in [0.29, 0.717) is 19.8 Å². The molecular weight excluding hydrogens is 350 g/mol.